The highest BCUT2D eigenvalue weighted by atomic mass is 16.6. The van der Waals surface area contributed by atoms with Gasteiger partial charge in [0.1, 0.15) is 0 Å². The van der Waals surface area contributed by atoms with Gasteiger partial charge in [0.25, 0.3) is 0 Å². The van der Waals surface area contributed by atoms with Gasteiger partial charge in [-0.05, 0) is 17.4 Å². The highest BCUT2D eigenvalue weighted by molar-refractivity contribution is 4.91. The predicted octanol–water partition coefficient (Wildman–Crippen LogP) is 2.50. The van der Waals surface area contributed by atoms with Crippen LogP contribution in [0.1, 0.15) is 27.7 Å². The molecule has 0 amide bonds. The third-order valence-electron chi connectivity index (χ3n) is 2.05. The molecule has 0 bridgehead atoms. The summed E-state index contributed by atoms with van der Waals surface area (Å²) in [6, 6.07) is 0. The summed E-state index contributed by atoms with van der Waals surface area (Å²) in [5.74, 6) is 0.373. The van der Waals surface area contributed by atoms with Crippen molar-refractivity contribution >= 4 is 0 Å². The fraction of sp³-hybridized carbons (Fsp3) is 0.778. The molecule has 0 fully saturated rings. The first-order chi connectivity index (χ1) is 5.34. The molecule has 0 radical (unpaired) electrons. The molecule has 1 atom stereocenters. The van der Waals surface area contributed by atoms with E-state index in [2.05, 4.69) is 27.7 Å². The van der Waals surface area contributed by atoms with E-state index in [9.17, 15) is 10.1 Å². The minimum absolute atomic E-state index is 0.0690. The largest absolute Gasteiger partial charge is 0.264 e. The van der Waals surface area contributed by atoms with Gasteiger partial charge >= 0.3 is 0 Å². The van der Waals surface area contributed by atoms with Gasteiger partial charge in [0, 0.05) is 4.92 Å². The van der Waals surface area contributed by atoms with Gasteiger partial charge in [0.2, 0.25) is 6.54 Å². The minimum Gasteiger partial charge on any atom is -0.264 e. The topological polar surface area (TPSA) is 43.1 Å². The molecule has 3 heteroatoms. The molecule has 0 spiro atoms. The van der Waals surface area contributed by atoms with E-state index in [-0.39, 0.29) is 16.9 Å². The molecular weight excluding hydrogens is 154 g/mol. The van der Waals surface area contributed by atoms with Gasteiger partial charge in [0.05, 0.1) is 0 Å². The fourth-order valence-corrected chi connectivity index (χ4v) is 0.640. The van der Waals surface area contributed by atoms with Crippen LogP contribution >= 0.6 is 0 Å². The van der Waals surface area contributed by atoms with Crippen LogP contribution in [0.3, 0.4) is 0 Å². The van der Waals surface area contributed by atoms with E-state index >= 15 is 0 Å². The molecule has 0 unspecified atom stereocenters. The van der Waals surface area contributed by atoms with Crippen molar-refractivity contribution in [1.29, 1.82) is 0 Å². The Bertz CT molecular complexity index is 179. The number of rotatable bonds is 3. The van der Waals surface area contributed by atoms with Gasteiger partial charge < -0.3 is 0 Å². The SMILES string of the molecule is C[C@H](/C=C/C[N+](=O)[O-])C(C)(C)C. The van der Waals surface area contributed by atoms with Crippen molar-refractivity contribution in [3.63, 3.8) is 0 Å². The van der Waals surface area contributed by atoms with Crippen molar-refractivity contribution in [1.82, 2.24) is 0 Å². The average Bonchev–Trinajstić information content (AvgIpc) is 1.84. The summed E-state index contributed by atoms with van der Waals surface area (Å²) >= 11 is 0. The van der Waals surface area contributed by atoms with Gasteiger partial charge in [-0.1, -0.05) is 33.8 Å². The summed E-state index contributed by atoms with van der Waals surface area (Å²) in [6.45, 7) is 8.35. The summed E-state index contributed by atoms with van der Waals surface area (Å²) in [5.41, 5.74) is 0.188. The normalized spacial score (nSPS) is 15.0. The van der Waals surface area contributed by atoms with E-state index in [1.54, 1.807) is 6.08 Å². The van der Waals surface area contributed by atoms with Gasteiger partial charge in [-0.15, -0.1) is 0 Å². The van der Waals surface area contributed by atoms with Crippen LogP contribution in [0.15, 0.2) is 12.2 Å². The lowest BCUT2D eigenvalue weighted by Gasteiger charge is -2.23. The molecular formula is C9H17NO2. The first kappa shape index (κ1) is 11.1. The molecule has 0 aromatic carbocycles. The Morgan fingerprint density at radius 1 is 1.50 bits per heavy atom. The molecule has 70 valence electrons. The molecule has 0 aromatic heterocycles. The Balaban J connectivity index is 3.92. The van der Waals surface area contributed by atoms with Crippen LogP contribution in [0.2, 0.25) is 0 Å². The molecule has 12 heavy (non-hydrogen) atoms. The first-order valence-electron chi connectivity index (χ1n) is 4.12. The van der Waals surface area contributed by atoms with Crippen molar-refractivity contribution in [2.45, 2.75) is 27.7 Å². The first-order valence-corrected chi connectivity index (χ1v) is 4.12. The van der Waals surface area contributed by atoms with E-state index in [4.69, 9.17) is 0 Å². The second kappa shape index (κ2) is 4.24. The highest BCUT2D eigenvalue weighted by Crippen LogP contribution is 2.25. The Morgan fingerprint density at radius 2 is 2.00 bits per heavy atom. The van der Waals surface area contributed by atoms with E-state index in [1.807, 2.05) is 6.08 Å². The third kappa shape index (κ3) is 4.88. The smallest absolute Gasteiger partial charge is 0.222 e. The lowest BCUT2D eigenvalue weighted by molar-refractivity contribution is -0.468. The predicted molar refractivity (Wildman–Crippen MR) is 49.6 cm³/mol. The number of nitrogens with zero attached hydrogens (tertiary/aromatic N) is 1. The number of hydrogen-bond acceptors (Lipinski definition) is 2. The Kier molecular flexibility index (Phi) is 3.93. The lowest BCUT2D eigenvalue weighted by atomic mass is 9.82. The van der Waals surface area contributed by atoms with Crippen molar-refractivity contribution in [2.75, 3.05) is 6.54 Å². The van der Waals surface area contributed by atoms with Gasteiger partial charge in [-0.3, -0.25) is 10.1 Å². The van der Waals surface area contributed by atoms with Crippen LogP contribution < -0.4 is 0 Å². The zero-order valence-electron chi connectivity index (χ0n) is 8.20. The minimum atomic E-state index is -0.328. The molecule has 0 aliphatic rings. The van der Waals surface area contributed by atoms with Crippen LogP contribution in [0, 0.1) is 21.4 Å². The lowest BCUT2D eigenvalue weighted by Crippen LogP contribution is -2.15. The van der Waals surface area contributed by atoms with Gasteiger partial charge in [-0.25, -0.2) is 0 Å². The summed E-state index contributed by atoms with van der Waals surface area (Å²) in [5, 5.41) is 9.98. The van der Waals surface area contributed by atoms with Crippen molar-refractivity contribution in [3.05, 3.63) is 22.3 Å². The Labute approximate surface area is 73.6 Å². The summed E-state index contributed by atoms with van der Waals surface area (Å²) < 4.78 is 0. The summed E-state index contributed by atoms with van der Waals surface area (Å²) in [6.07, 6.45) is 3.53. The van der Waals surface area contributed by atoms with Crippen LogP contribution in [0.4, 0.5) is 0 Å². The van der Waals surface area contributed by atoms with E-state index in [1.165, 1.54) is 0 Å². The fourth-order valence-electron chi connectivity index (χ4n) is 0.640. The molecule has 0 saturated carbocycles. The highest BCUT2D eigenvalue weighted by Gasteiger charge is 2.16. The van der Waals surface area contributed by atoms with Crippen molar-refractivity contribution < 1.29 is 4.92 Å². The number of allylic oxidation sites excluding steroid dienone is 1. The maximum atomic E-state index is 9.98. The third-order valence-corrected chi connectivity index (χ3v) is 2.05. The Hall–Kier alpha value is -0.860. The van der Waals surface area contributed by atoms with Crippen molar-refractivity contribution in [3.8, 4) is 0 Å². The van der Waals surface area contributed by atoms with Gasteiger partial charge in [-0.2, -0.15) is 0 Å². The van der Waals surface area contributed by atoms with E-state index < -0.39 is 0 Å². The molecule has 0 aliphatic heterocycles. The number of nitro groups is 1. The maximum absolute atomic E-state index is 9.98. The quantitative estimate of drug-likeness (QED) is 0.372. The molecule has 0 N–H and O–H groups in total. The van der Waals surface area contributed by atoms with Gasteiger partial charge in [0.15, 0.2) is 0 Å². The van der Waals surface area contributed by atoms with E-state index in [0.29, 0.717) is 5.92 Å². The molecule has 0 aliphatic carbocycles. The van der Waals surface area contributed by atoms with Crippen molar-refractivity contribution in [2.24, 2.45) is 11.3 Å². The molecule has 0 heterocycles. The van der Waals surface area contributed by atoms with Crippen LogP contribution in [-0.4, -0.2) is 11.5 Å². The number of hydrogen-bond donors (Lipinski definition) is 0. The second-order valence-electron chi connectivity index (χ2n) is 4.10. The monoisotopic (exact) mass is 171 g/mol. The van der Waals surface area contributed by atoms with Crippen LogP contribution in [0.5, 0.6) is 0 Å². The zero-order chi connectivity index (χ0) is 9.78. The molecule has 0 aromatic rings. The second-order valence-corrected chi connectivity index (χ2v) is 4.10. The molecule has 0 rings (SSSR count). The van der Waals surface area contributed by atoms with Crippen LogP contribution in [0.25, 0.3) is 0 Å². The van der Waals surface area contributed by atoms with E-state index in [0.717, 1.165) is 0 Å². The zero-order valence-corrected chi connectivity index (χ0v) is 8.20. The average molecular weight is 171 g/mol. The summed E-state index contributed by atoms with van der Waals surface area (Å²) in [7, 11) is 0. The maximum Gasteiger partial charge on any atom is 0.222 e. The summed E-state index contributed by atoms with van der Waals surface area (Å²) in [4.78, 5) is 9.66. The standard InChI is InChI=1S/C9H17NO2/c1-8(9(2,3)4)6-5-7-10(11)12/h5-6,8H,7H2,1-4H3/b6-5+/t8-/m1/s1. The molecule has 3 nitrogen and oxygen atoms in total. The Morgan fingerprint density at radius 3 is 2.33 bits per heavy atom. The molecule has 0 saturated heterocycles. The van der Waals surface area contributed by atoms with Crippen LogP contribution in [-0.2, 0) is 0 Å².